The Morgan fingerprint density at radius 2 is 1.52 bits per heavy atom. The van der Waals surface area contributed by atoms with Gasteiger partial charge in [0.25, 0.3) is 0 Å². The molecular formula is C15H9F3O3. The molecule has 0 N–H and O–H groups in total. The van der Waals surface area contributed by atoms with Crippen LogP contribution in [0.3, 0.4) is 0 Å². The van der Waals surface area contributed by atoms with Crippen LogP contribution in [0.5, 0.6) is 0 Å². The molecule has 0 saturated heterocycles. The summed E-state index contributed by atoms with van der Waals surface area (Å²) in [6, 6.07) is 11.4. The zero-order valence-corrected chi connectivity index (χ0v) is 10.6. The smallest absolute Gasteiger partial charge is 0.290 e. The van der Waals surface area contributed by atoms with Crippen LogP contribution < -0.4 is 0 Å². The summed E-state index contributed by atoms with van der Waals surface area (Å²) in [4.78, 5) is 34.0. The predicted molar refractivity (Wildman–Crippen MR) is 69.0 cm³/mol. The molecule has 0 radical (unpaired) electrons. The number of carbonyl (C=O) groups is 3. The maximum absolute atomic E-state index is 12.1. The number of hydrogen-bond donors (Lipinski definition) is 0. The van der Waals surface area contributed by atoms with Gasteiger partial charge in [-0.2, -0.15) is 13.2 Å². The zero-order valence-electron chi connectivity index (χ0n) is 10.6. The first-order valence-corrected chi connectivity index (χ1v) is 5.95. The van der Waals surface area contributed by atoms with Crippen molar-refractivity contribution < 1.29 is 27.6 Å². The summed E-state index contributed by atoms with van der Waals surface area (Å²) in [6.45, 7) is 0. The molecule has 0 saturated carbocycles. The van der Waals surface area contributed by atoms with Gasteiger partial charge in [-0.15, -0.1) is 0 Å². The molecule has 0 unspecified atom stereocenters. The maximum Gasteiger partial charge on any atom is 0.450 e. The molecule has 2 aromatic carbocycles. The van der Waals surface area contributed by atoms with E-state index in [1.807, 2.05) is 0 Å². The Hall–Kier alpha value is -2.50. The van der Waals surface area contributed by atoms with E-state index in [-0.39, 0.29) is 5.56 Å². The molecule has 0 aliphatic heterocycles. The van der Waals surface area contributed by atoms with Gasteiger partial charge in [-0.1, -0.05) is 36.4 Å². The van der Waals surface area contributed by atoms with Gasteiger partial charge in [0.15, 0.2) is 0 Å². The Balaban J connectivity index is 2.22. The third-order valence-corrected chi connectivity index (χ3v) is 2.90. The van der Waals surface area contributed by atoms with Gasteiger partial charge in [-0.3, -0.25) is 14.4 Å². The van der Waals surface area contributed by atoms with Gasteiger partial charge in [0.1, 0.15) is 0 Å². The summed E-state index contributed by atoms with van der Waals surface area (Å²) < 4.78 is 36.2. The molecule has 21 heavy (non-hydrogen) atoms. The number of benzene rings is 2. The number of carbonyl (C=O) groups excluding carboxylic acids is 3. The fourth-order valence-electron chi connectivity index (χ4n) is 1.82. The van der Waals surface area contributed by atoms with Crippen LogP contribution in [0.1, 0.15) is 16.8 Å². The van der Waals surface area contributed by atoms with E-state index in [0.29, 0.717) is 5.39 Å². The Bertz CT molecular complexity index is 732. The second-order valence-electron chi connectivity index (χ2n) is 4.41. The van der Waals surface area contributed by atoms with E-state index in [1.54, 1.807) is 30.3 Å². The molecule has 3 nitrogen and oxygen atoms in total. The lowest BCUT2D eigenvalue weighted by atomic mass is 10.0. The van der Waals surface area contributed by atoms with Crippen molar-refractivity contribution in [2.24, 2.45) is 0 Å². The van der Waals surface area contributed by atoms with Gasteiger partial charge in [-0.25, -0.2) is 0 Å². The molecule has 2 rings (SSSR count). The summed E-state index contributed by atoms with van der Waals surface area (Å²) >= 11 is 0. The number of halogens is 3. The van der Waals surface area contributed by atoms with E-state index in [0.717, 1.165) is 5.39 Å². The van der Waals surface area contributed by atoms with Crippen LogP contribution >= 0.6 is 0 Å². The van der Waals surface area contributed by atoms with Crippen LogP contribution in [0.25, 0.3) is 10.8 Å². The first kappa shape index (κ1) is 14.9. The molecule has 0 fully saturated rings. The fraction of sp³-hybridized carbons (Fsp3) is 0.133. The molecule has 0 aromatic heterocycles. The summed E-state index contributed by atoms with van der Waals surface area (Å²) in [5, 5.41) is 1.51. The van der Waals surface area contributed by atoms with Gasteiger partial charge in [0.05, 0.1) is 6.42 Å². The lowest BCUT2D eigenvalue weighted by molar-refractivity contribution is -0.171. The van der Waals surface area contributed by atoms with Crippen molar-refractivity contribution >= 4 is 28.1 Å². The molecular weight excluding hydrogens is 285 g/mol. The predicted octanol–water partition coefficient (Wildman–Crippen LogP) is 3.11. The topological polar surface area (TPSA) is 51.2 Å². The van der Waals surface area contributed by atoms with Crippen LogP contribution in [0.2, 0.25) is 0 Å². The highest BCUT2D eigenvalue weighted by molar-refractivity contribution is 6.46. The van der Waals surface area contributed by atoms with E-state index in [4.69, 9.17) is 0 Å². The van der Waals surface area contributed by atoms with Crippen LogP contribution in [0.4, 0.5) is 13.2 Å². The lowest BCUT2D eigenvalue weighted by Gasteiger charge is -2.05. The minimum atomic E-state index is -5.11. The highest BCUT2D eigenvalue weighted by atomic mass is 19.4. The molecule has 0 spiro atoms. The van der Waals surface area contributed by atoms with Crippen molar-refractivity contribution in [3.63, 3.8) is 0 Å². The molecule has 2 aromatic rings. The van der Waals surface area contributed by atoms with Crippen LogP contribution in [0, 0.1) is 0 Å². The van der Waals surface area contributed by atoms with Crippen LogP contribution in [-0.2, 0) is 9.59 Å². The number of rotatable bonds is 4. The molecule has 0 amide bonds. The van der Waals surface area contributed by atoms with Crippen molar-refractivity contribution in [2.75, 3.05) is 0 Å². The molecule has 0 aliphatic rings. The molecule has 0 atom stereocenters. The van der Waals surface area contributed by atoms with E-state index in [2.05, 4.69) is 0 Å². The average molecular weight is 294 g/mol. The van der Waals surface area contributed by atoms with E-state index < -0.39 is 29.9 Å². The molecule has 108 valence electrons. The van der Waals surface area contributed by atoms with Crippen molar-refractivity contribution in [2.45, 2.75) is 12.6 Å². The standard InChI is InChI=1S/C15H9F3O3/c16-15(17,18)13(20)8-12(19)14(21)11-6-5-9-3-1-2-4-10(9)7-11/h1-7H,8H2. The number of hydrogen-bond acceptors (Lipinski definition) is 3. The minimum Gasteiger partial charge on any atom is -0.290 e. The number of Topliss-reactive ketones (excluding diaryl/α,β-unsaturated/α-hetero) is 3. The largest absolute Gasteiger partial charge is 0.450 e. The van der Waals surface area contributed by atoms with Crippen molar-refractivity contribution in [1.29, 1.82) is 0 Å². The van der Waals surface area contributed by atoms with E-state index >= 15 is 0 Å². The molecule has 0 heterocycles. The van der Waals surface area contributed by atoms with E-state index in [9.17, 15) is 27.6 Å². The van der Waals surface area contributed by atoms with Crippen molar-refractivity contribution in [3.05, 3.63) is 48.0 Å². The van der Waals surface area contributed by atoms with Gasteiger partial charge >= 0.3 is 6.18 Å². The van der Waals surface area contributed by atoms with Gasteiger partial charge < -0.3 is 0 Å². The second-order valence-corrected chi connectivity index (χ2v) is 4.41. The third kappa shape index (κ3) is 3.34. The maximum atomic E-state index is 12.1. The minimum absolute atomic E-state index is 0.0336. The normalized spacial score (nSPS) is 11.4. The number of fused-ring (bicyclic) bond motifs is 1. The van der Waals surface area contributed by atoms with Crippen molar-refractivity contribution in [1.82, 2.24) is 0 Å². The quantitative estimate of drug-likeness (QED) is 0.494. The Morgan fingerprint density at radius 3 is 2.14 bits per heavy atom. The van der Waals surface area contributed by atoms with Crippen LogP contribution in [0.15, 0.2) is 42.5 Å². The van der Waals surface area contributed by atoms with Gasteiger partial charge in [0.2, 0.25) is 17.3 Å². The second kappa shape index (κ2) is 5.47. The van der Waals surface area contributed by atoms with E-state index in [1.165, 1.54) is 12.1 Å². The molecule has 6 heteroatoms. The van der Waals surface area contributed by atoms with Gasteiger partial charge in [0, 0.05) is 5.56 Å². The monoisotopic (exact) mass is 294 g/mol. The Morgan fingerprint density at radius 1 is 0.905 bits per heavy atom. The molecule has 0 bridgehead atoms. The number of ketones is 3. The summed E-state index contributed by atoms with van der Waals surface area (Å²) in [7, 11) is 0. The lowest BCUT2D eigenvalue weighted by Crippen LogP contribution is -2.28. The fourth-order valence-corrected chi connectivity index (χ4v) is 1.82. The van der Waals surface area contributed by atoms with Crippen molar-refractivity contribution in [3.8, 4) is 0 Å². The average Bonchev–Trinajstić information content (AvgIpc) is 2.44. The first-order valence-electron chi connectivity index (χ1n) is 5.95. The highest BCUT2D eigenvalue weighted by Crippen LogP contribution is 2.20. The number of alkyl halides is 3. The zero-order chi connectivity index (χ0) is 15.6. The SMILES string of the molecule is O=C(CC(=O)C(F)(F)F)C(=O)c1ccc2ccccc2c1. The third-order valence-electron chi connectivity index (χ3n) is 2.90. The Labute approximate surface area is 117 Å². The summed E-state index contributed by atoms with van der Waals surface area (Å²) in [6.07, 6.45) is -6.57. The van der Waals surface area contributed by atoms with Crippen LogP contribution in [-0.4, -0.2) is 23.5 Å². The van der Waals surface area contributed by atoms with Gasteiger partial charge in [-0.05, 0) is 16.8 Å². The first-order chi connectivity index (χ1) is 9.79. The Kier molecular flexibility index (Phi) is 3.88. The summed E-state index contributed by atoms with van der Waals surface area (Å²) in [5.74, 6) is -4.69. The summed E-state index contributed by atoms with van der Waals surface area (Å²) in [5.41, 5.74) is -0.0336. The highest BCUT2D eigenvalue weighted by Gasteiger charge is 2.40. The molecule has 0 aliphatic carbocycles.